The topological polar surface area (TPSA) is 29.5 Å². The molecule has 2 heteroatoms. The zero-order valence-electron chi connectivity index (χ0n) is 6.18. The first kappa shape index (κ1) is 6.62. The second-order valence-electron chi connectivity index (χ2n) is 3.57. The van der Waals surface area contributed by atoms with Crippen molar-refractivity contribution in [3.05, 3.63) is 0 Å². The van der Waals surface area contributed by atoms with Crippen LogP contribution in [-0.4, -0.2) is 24.4 Å². The molecule has 1 atom stereocenters. The zero-order chi connectivity index (χ0) is 7.03. The van der Waals surface area contributed by atoms with Gasteiger partial charge in [0.15, 0.2) is 0 Å². The molecule has 10 heavy (non-hydrogen) atoms. The van der Waals surface area contributed by atoms with E-state index in [0.717, 1.165) is 19.6 Å². The van der Waals surface area contributed by atoms with E-state index in [4.69, 9.17) is 4.74 Å². The van der Waals surface area contributed by atoms with Gasteiger partial charge in [0.25, 0.3) is 0 Å². The molecule has 1 spiro atoms. The molecule has 1 saturated heterocycles. The lowest BCUT2D eigenvalue weighted by Crippen LogP contribution is -2.48. The van der Waals surface area contributed by atoms with Crippen molar-refractivity contribution >= 4 is 0 Å². The van der Waals surface area contributed by atoms with Crippen molar-refractivity contribution < 1.29 is 9.84 Å². The standard InChI is InChI=1S/C8H14O2/c9-7-2-5-10-6-8(7)3-1-4-8/h7,9H,1-6H2. The summed E-state index contributed by atoms with van der Waals surface area (Å²) >= 11 is 0. The summed E-state index contributed by atoms with van der Waals surface area (Å²) in [6, 6.07) is 0. The molecule has 0 bridgehead atoms. The SMILES string of the molecule is OC1CCOCC12CCC2. The summed E-state index contributed by atoms with van der Waals surface area (Å²) < 4.78 is 5.34. The summed E-state index contributed by atoms with van der Waals surface area (Å²) in [4.78, 5) is 0. The Labute approximate surface area is 61.2 Å². The van der Waals surface area contributed by atoms with E-state index in [1.807, 2.05) is 0 Å². The predicted molar refractivity (Wildman–Crippen MR) is 37.7 cm³/mol. The average molecular weight is 142 g/mol. The second-order valence-corrected chi connectivity index (χ2v) is 3.57. The summed E-state index contributed by atoms with van der Waals surface area (Å²) in [7, 11) is 0. The lowest BCUT2D eigenvalue weighted by molar-refractivity contribution is -0.137. The van der Waals surface area contributed by atoms with Crippen molar-refractivity contribution in [2.75, 3.05) is 13.2 Å². The van der Waals surface area contributed by atoms with Crippen molar-refractivity contribution in [3.63, 3.8) is 0 Å². The fourth-order valence-electron chi connectivity index (χ4n) is 1.98. The van der Waals surface area contributed by atoms with Gasteiger partial charge in [-0.3, -0.25) is 0 Å². The van der Waals surface area contributed by atoms with Crippen molar-refractivity contribution in [2.45, 2.75) is 31.8 Å². The van der Waals surface area contributed by atoms with Crippen molar-refractivity contribution in [3.8, 4) is 0 Å². The highest BCUT2D eigenvalue weighted by Crippen LogP contribution is 2.46. The molecule has 0 aromatic carbocycles. The Morgan fingerprint density at radius 2 is 2.20 bits per heavy atom. The summed E-state index contributed by atoms with van der Waals surface area (Å²) in [6.45, 7) is 1.55. The summed E-state index contributed by atoms with van der Waals surface area (Å²) in [5.41, 5.74) is 0.193. The first-order valence-electron chi connectivity index (χ1n) is 4.09. The molecule has 0 aromatic heterocycles. The van der Waals surface area contributed by atoms with Crippen molar-refractivity contribution in [1.29, 1.82) is 0 Å². The molecular formula is C8H14O2. The Morgan fingerprint density at radius 1 is 1.40 bits per heavy atom. The van der Waals surface area contributed by atoms with E-state index in [9.17, 15) is 5.11 Å². The molecule has 0 amide bonds. The van der Waals surface area contributed by atoms with E-state index < -0.39 is 0 Å². The van der Waals surface area contributed by atoms with Crippen LogP contribution in [0.15, 0.2) is 0 Å². The van der Waals surface area contributed by atoms with Crippen LogP contribution >= 0.6 is 0 Å². The van der Waals surface area contributed by atoms with Crippen LogP contribution in [0.5, 0.6) is 0 Å². The molecular weight excluding hydrogens is 128 g/mol. The van der Waals surface area contributed by atoms with Gasteiger partial charge in [-0.1, -0.05) is 6.42 Å². The molecule has 1 unspecified atom stereocenters. The highest BCUT2D eigenvalue weighted by Gasteiger charge is 2.45. The molecule has 1 aliphatic carbocycles. The number of ether oxygens (including phenoxy) is 1. The van der Waals surface area contributed by atoms with Crippen LogP contribution in [0.3, 0.4) is 0 Å². The molecule has 1 N–H and O–H groups in total. The van der Waals surface area contributed by atoms with Gasteiger partial charge in [-0.05, 0) is 19.3 Å². The maximum atomic E-state index is 9.60. The Balaban J connectivity index is 2.03. The number of aliphatic hydroxyl groups is 1. The number of hydrogen-bond acceptors (Lipinski definition) is 2. The van der Waals surface area contributed by atoms with Crippen molar-refractivity contribution in [2.24, 2.45) is 5.41 Å². The second kappa shape index (κ2) is 2.21. The van der Waals surface area contributed by atoms with Crippen LogP contribution in [0.4, 0.5) is 0 Å². The Bertz CT molecular complexity index is 129. The monoisotopic (exact) mass is 142 g/mol. The summed E-state index contributed by atoms with van der Waals surface area (Å²) in [5, 5.41) is 9.60. The van der Waals surface area contributed by atoms with Crippen LogP contribution in [0.1, 0.15) is 25.7 Å². The Kier molecular flexibility index (Phi) is 1.46. The average Bonchev–Trinajstić information content (AvgIpc) is 1.85. The van der Waals surface area contributed by atoms with Gasteiger partial charge in [0.1, 0.15) is 0 Å². The molecule has 2 rings (SSSR count). The van der Waals surface area contributed by atoms with Gasteiger partial charge in [-0.2, -0.15) is 0 Å². The molecule has 2 aliphatic rings. The molecule has 2 nitrogen and oxygen atoms in total. The quantitative estimate of drug-likeness (QED) is 0.545. The highest BCUT2D eigenvalue weighted by atomic mass is 16.5. The zero-order valence-corrected chi connectivity index (χ0v) is 6.18. The van der Waals surface area contributed by atoms with Crippen LogP contribution in [0, 0.1) is 5.41 Å². The van der Waals surface area contributed by atoms with Crippen LogP contribution in [0.2, 0.25) is 0 Å². The number of hydrogen-bond donors (Lipinski definition) is 1. The lowest BCUT2D eigenvalue weighted by Gasteiger charge is -2.47. The van der Waals surface area contributed by atoms with E-state index >= 15 is 0 Å². The van der Waals surface area contributed by atoms with Gasteiger partial charge in [-0.15, -0.1) is 0 Å². The first-order valence-corrected chi connectivity index (χ1v) is 4.09. The summed E-state index contributed by atoms with van der Waals surface area (Å²) in [6.07, 6.45) is 4.40. The fourth-order valence-corrected chi connectivity index (χ4v) is 1.98. The molecule has 2 fully saturated rings. The normalized spacial score (nSPS) is 37.5. The van der Waals surface area contributed by atoms with Gasteiger partial charge >= 0.3 is 0 Å². The van der Waals surface area contributed by atoms with Crippen LogP contribution in [-0.2, 0) is 4.74 Å². The minimum absolute atomic E-state index is 0.0741. The van der Waals surface area contributed by atoms with Crippen LogP contribution in [0.25, 0.3) is 0 Å². The van der Waals surface area contributed by atoms with Gasteiger partial charge in [-0.25, -0.2) is 0 Å². The Hall–Kier alpha value is -0.0800. The van der Waals surface area contributed by atoms with E-state index in [-0.39, 0.29) is 11.5 Å². The fraction of sp³-hybridized carbons (Fsp3) is 1.00. The third-order valence-electron chi connectivity index (χ3n) is 2.98. The molecule has 1 saturated carbocycles. The smallest absolute Gasteiger partial charge is 0.0640 e. The summed E-state index contributed by atoms with van der Waals surface area (Å²) in [5.74, 6) is 0. The van der Waals surface area contributed by atoms with Crippen LogP contribution < -0.4 is 0 Å². The predicted octanol–water partition coefficient (Wildman–Crippen LogP) is 0.938. The molecule has 1 heterocycles. The first-order chi connectivity index (χ1) is 4.83. The molecule has 0 radical (unpaired) electrons. The van der Waals surface area contributed by atoms with E-state index in [1.54, 1.807) is 0 Å². The van der Waals surface area contributed by atoms with E-state index in [1.165, 1.54) is 19.3 Å². The van der Waals surface area contributed by atoms with E-state index in [2.05, 4.69) is 0 Å². The van der Waals surface area contributed by atoms with Gasteiger partial charge in [0, 0.05) is 12.0 Å². The molecule has 0 aromatic rings. The molecule has 1 aliphatic heterocycles. The van der Waals surface area contributed by atoms with E-state index in [0.29, 0.717) is 0 Å². The minimum atomic E-state index is -0.0741. The molecule has 58 valence electrons. The Morgan fingerprint density at radius 3 is 2.60 bits per heavy atom. The maximum Gasteiger partial charge on any atom is 0.0640 e. The maximum absolute atomic E-state index is 9.60. The third-order valence-corrected chi connectivity index (χ3v) is 2.98. The number of rotatable bonds is 0. The van der Waals surface area contributed by atoms with Gasteiger partial charge in [0.2, 0.25) is 0 Å². The highest BCUT2D eigenvalue weighted by molar-refractivity contribution is 4.95. The van der Waals surface area contributed by atoms with Gasteiger partial charge < -0.3 is 9.84 Å². The van der Waals surface area contributed by atoms with Crippen molar-refractivity contribution in [1.82, 2.24) is 0 Å². The third kappa shape index (κ3) is 0.789. The largest absolute Gasteiger partial charge is 0.392 e. The minimum Gasteiger partial charge on any atom is -0.392 e. The lowest BCUT2D eigenvalue weighted by atomic mass is 9.64. The number of aliphatic hydroxyl groups excluding tert-OH is 1. The van der Waals surface area contributed by atoms with Gasteiger partial charge in [0.05, 0.1) is 12.7 Å².